The molecule has 0 radical (unpaired) electrons. The van der Waals surface area contributed by atoms with Gasteiger partial charge in [0.1, 0.15) is 5.82 Å². The first-order valence-electron chi connectivity index (χ1n) is 8.04. The average molecular weight is 328 g/mol. The summed E-state index contributed by atoms with van der Waals surface area (Å²) >= 11 is 0. The highest BCUT2D eigenvalue weighted by atomic mass is 19.1. The second kappa shape index (κ2) is 9.03. The summed E-state index contributed by atoms with van der Waals surface area (Å²) in [5.74, 6) is 0.177. The predicted octanol–water partition coefficient (Wildman–Crippen LogP) is 2.53. The van der Waals surface area contributed by atoms with Gasteiger partial charge >= 0.3 is 0 Å². The van der Waals surface area contributed by atoms with Crippen LogP contribution in [0.5, 0.6) is 0 Å². The van der Waals surface area contributed by atoms with Crippen LogP contribution in [0.3, 0.4) is 0 Å². The van der Waals surface area contributed by atoms with Crippen molar-refractivity contribution < 1.29 is 4.39 Å². The molecule has 0 unspecified atom stereocenters. The highest BCUT2D eigenvalue weighted by Gasteiger charge is 2.04. The molecule has 0 saturated heterocycles. The van der Waals surface area contributed by atoms with Crippen LogP contribution in [0, 0.1) is 5.82 Å². The van der Waals surface area contributed by atoms with Gasteiger partial charge in [-0.1, -0.05) is 42.5 Å². The zero-order valence-electron chi connectivity index (χ0n) is 14.3. The van der Waals surface area contributed by atoms with Crippen LogP contribution < -0.4 is 11.1 Å². The van der Waals surface area contributed by atoms with E-state index in [1.807, 2.05) is 43.3 Å². The summed E-state index contributed by atoms with van der Waals surface area (Å²) in [5.41, 5.74) is 8.59. The Kier molecular flexibility index (Phi) is 6.75. The molecule has 0 atom stereocenters. The summed E-state index contributed by atoms with van der Waals surface area (Å²) < 4.78 is 14.0. The minimum absolute atomic E-state index is 0.202. The molecule has 0 bridgehead atoms. The SMILES string of the molecule is CN(C)Cc1ccc(CN=C(N)NCCc2ccccc2)cc1F. The van der Waals surface area contributed by atoms with Gasteiger partial charge in [-0.2, -0.15) is 0 Å². The second-order valence-electron chi connectivity index (χ2n) is 6.03. The first-order valence-corrected chi connectivity index (χ1v) is 8.04. The highest BCUT2D eigenvalue weighted by molar-refractivity contribution is 5.77. The van der Waals surface area contributed by atoms with E-state index in [1.54, 1.807) is 6.07 Å². The molecule has 0 aliphatic carbocycles. The fraction of sp³-hybridized carbons (Fsp3) is 0.316. The van der Waals surface area contributed by atoms with Gasteiger partial charge in [-0.25, -0.2) is 9.38 Å². The van der Waals surface area contributed by atoms with Crippen molar-refractivity contribution in [3.8, 4) is 0 Å². The molecule has 24 heavy (non-hydrogen) atoms. The van der Waals surface area contributed by atoms with Crippen LogP contribution in [0.2, 0.25) is 0 Å². The Morgan fingerprint density at radius 2 is 1.88 bits per heavy atom. The normalized spacial score (nSPS) is 11.8. The Morgan fingerprint density at radius 1 is 1.12 bits per heavy atom. The average Bonchev–Trinajstić information content (AvgIpc) is 2.56. The molecular weight excluding hydrogens is 303 g/mol. The van der Waals surface area contributed by atoms with Crippen LogP contribution in [-0.2, 0) is 19.5 Å². The van der Waals surface area contributed by atoms with Crippen LogP contribution in [-0.4, -0.2) is 31.5 Å². The Morgan fingerprint density at radius 3 is 2.54 bits per heavy atom. The van der Waals surface area contributed by atoms with Crippen molar-refractivity contribution in [1.82, 2.24) is 10.2 Å². The third kappa shape index (κ3) is 6.01. The van der Waals surface area contributed by atoms with Crippen molar-refractivity contribution in [3.05, 3.63) is 71.0 Å². The van der Waals surface area contributed by atoms with Gasteiger partial charge in [0.2, 0.25) is 0 Å². The summed E-state index contributed by atoms with van der Waals surface area (Å²) in [6.07, 6.45) is 0.880. The molecule has 3 N–H and O–H groups in total. The minimum atomic E-state index is -0.202. The number of nitrogens with two attached hydrogens (primary N) is 1. The molecule has 0 saturated carbocycles. The summed E-state index contributed by atoms with van der Waals surface area (Å²) in [5, 5.41) is 3.08. The number of nitrogens with one attached hydrogen (secondary N) is 1. The summed E-state index contributed by atoms with van der Waals surface area (Å²) in [7, 11) is 3.83. The molecule has 0 fully saturated rings. The van der Waals surface area contributed by atoms with Gasteiger partial charge in [0.15, 0.2) is 5.96 Å². The van der Waals surface area contributed by atoms with E-state index >= 15 is 0 Å². The molecule has 2 rings (SSSR count). The standard InChI is InChI=1S/C19H25FN4/c1-24(2)14-17-9-8-16(12-18(17)20)13-23-19(21)22-11-10-15-6-4-3-5-7-15/h3-9,12H,10-11,13-14H2,1-2H3,(H3,21,22,23). The van der Waals surface area contributed by atoms with Gasteiger partial charge in [0.25, 0.3) is 0 Å². The first kappa shape index (κ1) is 17.9. The van der Waals surface area contributed by atoms with Gasteiger partial charge in [-0.3, -0.25) is 0 Å². The van der Waals surface area contributed by atoms with Gasteiger partial charge in [-0.15, -0.1) is 0 Å². The van der Waals surface area contributed by atoms with E-state index in [9.17, 15) is 4.39 Å². The number of hydrogen-bond acceptors (Lipinski definition) is 2. The molecular formula is C19H25FN4. The smallest absolute Gasteiger partial charge is 0.188 e. The molecule has 4 nitrogen and oxygen atoms in total. The van der Waals surface area contributed by atoms with E-state index in [1.165, 1.54) is 11.6 Å². The van der Waals surface area contributed by atoms with Crippen molar-refractivity contribution in [3.63, 3.8) is 0 Å². The lowest BCUT2D eigenvalue weighted by Gasteiger charge is -2.11. The zero-order valence-corrected chi connectivity index (χ0v) is 14.3. The Bertz CT molecular complexity index is 668. The molecule has 128 valence electrons. The summed E-state index contributed by atoms with van der Waals surface area (Å²) in [6.45, 7) is 1.66. The van der Waals surface area contributed by atoms with Crippen molar-refractivity contribution in [2.45, 2.75) is 19.5 Å². The van der Waals surface area contributed by atoms with E-state index < -0.39 is 0 Å². The molecule has 0 heterocycles. The minimum Gasteiger partial charge on any atom is -0.370 e. The van der Waals surface area contributed by atoms with Gasteiger partial charge in [0.05, 0.1) is 6.54 Å². The van der Waals surface area contributed by atoms with Crippen LogP contribution in [0.4, 0.5) is 4.39 Å². The highest BCUT2D eigenvalue weighted by Crippen LogP contribution is 2.12. The van der Waals surface area contributed by atoms with Gasteiger partial charge in [-0.05, 0) is 37.7 Å². The number of nitrogens with zero attached hydrogens (tertiary/aromatic N) is 2. The maximum Gasteiger partial charge on any atom is 0.188 e. The summed E-state index contributed by atoms with van der Waals surface area (Å²) in [4.78, 5) is 6.20. The lowest BCUT2D eigenvalue weighted by atomic mass is 10.1. The van der Waals surface area contributed by atoms with Crippen molar-refractivity contribution in [2.24, 2.45) is 10.7 Å². The molecule has 0 aliphatic rings. The van der Waals surface area contributed by atoms with Crippen LogP contribution in [0.25, 0.3) is 0 Å². The second-order valence-corrected chi connectivity index (χ2v) is 6.03. The molecule has 5 heteroatoms. The Hall–Kier alpha value is -2.40. The van der Waals surface area contributed by atoms with E-state index in [-0.39, 0.29) is 5.82 Å². The molecule has 0 aliphatic heterocycles. The van der Waals surface area contributed by atoms with Crippen molar-refractivity contribution in [2.75, 3.05) is 20.6 Å². The fourth-order valence-electron chi connectivity index (χ4n) is 2.37. The lowest BCUT2D eigenvalue weighted by Crippen LogP contribution is -2.33. The topological polar surface area (TPSA) is 53.6 Å². The number of halogens is 1. The van der Waals surface area contributed by atoms with Crippen LogP contribution in [0.1, 0.15) is 16.7 Å². The van der Waals surface area contributed by atoms with Crippen LogP contribution in [0.15, 0.2) is 53.5 Å². The molecule has 0 amide bonds. The summed E-state index contributed by atoms with van der Waals surface area (Å²) in [6, 6.07) is 15.4. The quantitative estimate of drug-likeness (QED) is 0.607. The maximum absolute atomic E-state index is 14.0. The number of aliphatic imine (C=N–C) groups is 1. The predicted molar refractivity (Wildman–Crippen MR) is 97.3 cm³/mol. The molecule has 2 aromatic carbocycles. The molecule has 2 aromatic rings. The van der Waals surface area contributed by atoms with E-state index in [2.05, 4.69) is 22.4 Å². The third-order valence-corrected chi connectivity index (χ3v) is 3.60. The lowest BCUT2D eigenvalue weighted by molar-refractivity contribution is 0.392. The largest absolute Gasteiger partial charge is 0.370 e. The Labute approximate surface area is 143 Å². The maximum atomic E-state index is 14.0. The van der Waals surface area contributed by atoms with Crippen molar-refractivity contribution in [1.29, 1.82) is 0 Å². The van der Waals surface area contributed by atoms with Crippen LogP contribution >= 0.6 is 0 Å². The number of benzene rings is 2. The molecule has 0 spiro atoms. The molecule has 0 aromatic heterocycles. The Balaban J connectivity index is 1.82. The van der Waals surface area contributed by atoms with E-state index in [4.69, 9.17) is 5.73 Å². The number of hydrogen-bond donors (Lipinski definition) is 2. The third-order valence-electron chi connectivity index (χ3n) is 3.60. The monoisotopic (exact) mass is 328 g/mol. The van der Waals surface area contributed by atoms with Gasteiger partial charge < -0.3 is 16.0 Å². The zero-order chi connectivity index (χ0) is 17.4. The van der Waals surface area contributed by atoms with E-state index in [0.29, 0.717) is 24.6 Å². The van der Waals surface area contributed by atoms with Crippen molar-refractivity contribution >= 4 is 5.96 Å². The first-order chi connectivity index (χ1) is 11.5. The fourth-order valence-corrected chi connectivity index (χ4v) is 2.37. The van der Waals surface area contributed by atoms with Gasteiger partial charge in [0, 0.05) is 18.7 Å². The van der Waals surface area contributed by atoms with E-state index in [0.717, 1.165) is 18.5 Å². The number of guanidine groups is 1. The number of rotatable bonds is 7.